The van der Waals surface area contributed by atoms with Crippen molar-refractivity contribution >= 4 is 25.8 Å². The predicted octanol–water partition coefficient (Wildman–Crippen LogP) is 4.65. The van der Waals surface area contributed by atoms with Gasteiger partial charge >= 0.3 is 0 Å². The second-order valence-electron chi connectivity index (χ2n) is 5.07. The van der Waals surface area contributed by atoms with Gasteiger partial charge in [0.2, 0.25) is 13.7 Å². The lowest BCUT2D eigenvalue weighted by Gasteiger charge is -2.14. The van der Waals surface area contributed by atoms with Gasteiger partial charge in [0, 0.05) is 10.9 Å². The first kappa shape index (κ1) is 15.8. The normalized spacial score (nSPS) is 13.9. The molecule has 0 aliphatic heterocycles. The van der Waals surface area contributed by atoms with Gasteiger partial charge in [-0.15, -0.1) is 0 Å². The molecule has 21 heavy (non-hydrogen) atoms. The van der Waals surface area contributed by atoms with Crippen molar-refractivity contribution < 1.29 is 13.9 Å². The molecule has 0 aliphatic rings. The lowest BCUT2D eigenvalue weighted by molar-refractivity contribution is 0.107. The van der Waals surface area contributed by atoms with E-state index in [2.05, 4.69) is 0 Å². The van der Waals surface area contributed by atoms with Gasteiger partial charge in [0.25, 0.3) is 6.83 Å². The first-order valence-corrected chi connectivity index (χ1v) is 9.76. The highest BCUT2D eigenvalue weighted by Crippen LogP contribution is 2.59. The summed E-state index contributed by atoms with van der Waals surface area (Å²) < 4.78 is 24.5. The molecule has 0 heterocycles. The highest BCUT2D eigenvalue weighted by molar-refractivity contribution is 8.32. The summed E-state index contributed by atoms with van der Waals surface area (Å²) in [6.07, 6.45) is 0. The van der Waals surface area contributed by atoms with Gasteiger partial charge in [-0.25, -0.2) is 0 Å². The van der Waals surface area contributed by atoms with Gasteiger partial charge in [-0.3, -0.25) is 13.9 Å². The van der Waals surface area contributed by atoms with Crippen molar-refractivity contribution in [3.05, 3.63) is 64.7 Å². The average molecular weight is 318 g/mol. The van der Waals surface area contributed by atoms with Crippen LogP contribution in [-0.2, 0) is 9.13 Å². The van der Waals surface area contributed by atoms with Crippen molar-refractivity contribution in [1.29, 1.82) is 0 Å². The summed E-state index contributed by atoms with van der Waals surface area (Å²) in [5.41, 5.74) is 2.43. The molecule has 0 saturated carbocycles. The zero-order valence-electron chi connectivity index (χ0n) is 12.2. The number of carbonyl (C=O) groups excluding carboxylic acids is 1. The van der Waals surface area contributed by atoms with Gasteiger partial charge in [0.05, 0.1) is 0 Å². The van der Waals surface area contributed by atoms with Gasteiger partial charge in [-0.2, -0.15) is 0 Å². The van der Waals surface area contributed by atoms with E-state index in [0.717, 1.165) is 16.7 Å². The van der Waals surface area contributed by atoms with E-state index < -0.39 is 20.5 Å². The molecule has 108 valence electrons. The molecule has 0 fully saturated rings. The topological polar surface area (TPSA) is 51.2 Å². The number of hydrogen-bond donors (Lipinski definition) is 0. The van der Waals surface area contributed by atoms with Crippen LogP contribution in [0.1, 0.15) is 27.0 Å². The van der Waals surface area contributed by atoms with Crippen LogP contribution in [0, 0.1) is 20.8 Å². The summed E-state index contributed by atoms with van der Waals surface area (Å²) in [5.74, 6) is 0. The molecular formula is C16H16O3P2. The first-order valence-electron chi connectivity index (χ1n) is 6.53. The molecule has 3 nitrogen and oxygen atoms in total. The van der Waals surface area contributed by atoms with E-state index in [1.807, 2.05) is 32.9 Å². The Balaban J connectivity index is 2.63. The molecule has 2 rings (SSSR count). The van der Waals surface area contributed by atoms with Crippen LogP contribution in [-0.4, -0.2) is 5.52 Å². The zero-order chi connectivity index (χ0) is 15.6. The Morgan fingerprint density at radius 3 is 2.00 bits per heavy atom. The van der Waals surface area contributed by atoms with Crippen LogP contribution >= 0.6 is 15.0 Å². The van der Waals surface area contributed by atoms with E-state index in [1.165, 1.54) is 0 Å². The SMILES string of the molecule is Cc1cc(C)c(C(=O)P(=O)(P=O)c2ccccc2)c(C)c1. The second kappa shape index (κ2) is 6.05. The summed E-state index contributed by atoms with van der Waals surface area (Å²) in [7, 11) is -0.632. The molecule has 0 amide bonds. The van der Waals surface area contributed by atoms with Crippen LogP contribution in [0.2, 0.25) is 0 Å². The minimum atomic E-state index is -3.66. The summed E-state index contributed by atoms with van der Waals surface area (Å²) in [5, 5.41) is 0.325. The van der Waals surface area contributed by atoms with E-state index in [9.17, 15) is 13.9 Å². The molecule has 0 radical (unpaired) electrons. The summed E-state index contributed by atoms with van der Waals surface area (Å²) in [6, 6.07) is 12.1. The van der Waals surface area contributed by atoms with Crippen molar-refractivity contribution in [2.75, 3.05) is 0 Å². The Morgan fingerprint density at radius 1 is 1.00 bits per heavy atom. The number of aryl methyl sites for hydroxylation is 3. The van der Waals surface area contributed by atoms with Crippen LogP contribution in [0.4, 0.5) is 0 Å². The Hall–Kier alpha value is -1.56. The van der Waals surface area contributed by atoms with E-state index >= 15 is 0 Å². The smallest absolute Gasteiger partial charge is 0.267 e. The molecule has 0 aliphatic carbocycles. The number of hydrogen-bond acceptors (Lipinski definition) is 3. The molecule has 2 aromatic rings. The van der Waals surface area contributed by atoms with E-state index in [-0.39, 0.29) is 0 Å². The van der Waals surface area contributed by atoms with Gasteiger partial charge in [0.1, 0.15) is 0 Å². The van der Waals surface area contributed by atoms with E-state index in [1.54, 1.807) is 30.3 Å². The largest absolute Gasteiger partial charge is 0.297 e. The van der Waals surface area contributed by atoms with Gasteiger partial charge < -0.3 is 0 Å². The van der Waals surface area contributed by atoms with Gasteiger partial charge in [-0.05, 0) is 31.9 Å². The molecule has 5 heteroatoms. The van der Waals surface area contributed by atoms with E-state index in [0.29, 0.717) is 10.9 Å². The molecule has 2 aromatic carbocycles. The molecule has 1 atom stereocenters. The second-order valence-corrected chi connectivity index (χ2v) is 9.49. The zero-order valence-corrected chi connectivity index (χ0v) is 13.9. The van der Waals surface area contributed by atoms with Crippen molar-refractivity contribution in [3.63, 3.8) is 0 Å². The van der Waals surface area contributed by atoms with Crippen molar-refractivity contribution in [2.24, 2.45) is 0 Å². The highest BCUT2D eigenvalue weighted by atomic mass is 32.1. The van der Waals surface area contributed by atoms with Crippen LogP contribution in [0.5, 0.6) is 0 Å². The summed E-state index contributed by atoms with van der Waals surface area (Å²) in [4.78, 5) is 12.8. The summed E-state index contributed by atoms with van der Waals surface area (Å²) in [6.45, 7) is 1.90. The van der Waals surface area contributed by atoms with Crippen LogP contribution in [0.25, 0.3) is 0 Å². The number of benzene rings is 2. The average Bonchev–Trinajstić information content (AvgIpc) is 2.46. The monoisotopic (exact) mass is 318 g/mol. The van der Waals surface area contributed by atoms with Crippen molar-refractivity contribution in [2.45, 2.75) is 20.8 Å². The molecule has 1 unspecified atom stereocenters. The van der Waals surface area contributed by atoms with E-state index in [4.69, 9.17) is 0 Å². The quantitative estimate of drug-likeness (QED) is 0.771. The number of carbonyl (C=O) groups is 1. The Morgan fingerprint density at radius 2 is 1.52 bits per heavy atom. The third-order valence-electron chi connectivity index (χ3n) is 3.39. The van der Waals surface area contributed by atoms with Crippen molar-refractivity contribution in [3.8, 4) is 0 Å². The maximum Gasteiger partial charge on any atom is 0.267 e. The third kappa shape index (κ3) is 2.90. The molecular weight excluding hydrogens is 302 g/mol. The van der Waals surface area contributed by atoms with Crippen LogP contribution < -0.4 is 5.30 Å². The lowest BCUT2D eigenvalue weighted by atomic mass is 10.0. The van der Waals surface area contributed by atoms with Crippen LogP contribution in [0.15, 0.2) is 42.5 Å². The van der Waals surface area contributed by atoms with Crippen molar-refractivity contribution in [1.82, 2.24) is 0 Å². The fraction of sp³-hybridized carbons (Fsp3) is 0.188. The predicted molar refractivity (Wildman–Crippen MR) is 86.3 cm³/mol. The first-order chi connectivity index (χ1) is 9.90. The molecule has 0 spiro atoms. The standard InChI is InChI=1S/C16H16O3P2/c1-11-9-12(2)15(13(3)10-11)16(17)21(19,20-18)14-7-5-4-6-8-14/h4-10H,1-3H3. The van der Waals surface area contributed by atoms with Crippen LogP contribution in [0.3, 0.4) is 0 Å². The molecule has 0 N–H and O–H groups in total. The van der Waals surface area contributed by atoms with Gasteiger partial charge in [0.15, 0.2) is 0 Å². The molecule has 0 aromatic heterocycles. The fourth-order valence-corrected chi connectivity index (χ4v) is 5.34. The summed E-state index contributed by atoms with van der Waals surface area (Å²) >= 11 is 0. The lowest BCUT2D eigenvalue weighted by Crippen LogP contribution is -2.12. The maximum atomic E-state index is 13.0. The Kier molecular flexibility index (Phi) is 4.56. The maximum absolute atomic E-state index is 13.0. The minimum absolute atomic E-state index is 0.325. The Bertz CT molecular complexity index is 728. The molecule has 0 bridgehead atoms. The fourth-order valence-electron chi connectivity index (χ4n) is 2.50. The third-order valence-corrected chi connectivity index (χ3v) is 7.32. The van der Waals surface area contributed by atoms with Gasteiger partial charge in [-0.1, -0.05) is 48.0 Å². The Labute approximate surface area is 125 Å². The molecule has 0 saturated heterocycles. The number of rotatable bonds is 4. The minimum Gasteiger partial charge on any atom is -0.297 e. The highest BCUT2D eigenvalue weighted by Gasteiger charge is 2.37.